The van der Waals surface area contributed by atoms with Crippen molar-refractivity contribution in [3.63, 3.8) is 0 Å². The number of benzene rings is 1. The quantitative estimate of drug-likeness (QED) is 0.356. The number of ether oxygens (including phenoxy) is 1. The molecular weight excluding hydrogens is 338 g/mol. The summed E-state index contributed by atoms with van der Waals surface area (Å²) in [6, 6.07) is 4.03. The number of aryl methyl sites for hydroxylation is 1. The van der Waals surface area contributed by atoms with Crippen LogP contribution < -0.4 is 16.4 Å². The van der Waals surface area contributed by atoms with Crippen molar-refractivity contribution in [2.45, 2.75) is 56.7 Å². The van der Waals surface area contributed by atoms with Gasteiger partial charge in [-0.2, -0.15) is 0 Å². The van der Waals surface area contributed by atoms with E-state index in [2.05, 4.69) is 41.2 Å². The second kappa shape index (κ2) is 8.22. The fraction of sp³-hybridized carbons (Fsp3) is 0.556. The van der Waals surface area contributed by atoms with E-state index in [0.717, 1.165) is 41.8 Å². The standard InChI is InChI=1S/C18H25N3O5/c1-2-3-4-10-7-11(15-12(8-10)19-21-20-15)5-6-13-16(23)18(25)17(24)14(9-22)26-13/h7-8,13-14,16-25H,2-4,9H2,1H3/t13-,14-,16-,17-,18-/m1/s1. The van der Waals surface area contributed by atoms with E-state index in [4.69, 9.17) is 4.74 Å². The summed E-state index contributed by atoms with van der Waals surface area (Å²) in [4.78, 5) is 0. The molecule has 8 heteroatoms. The van der Waals surface area contributed by atoms with Gasteiger partial charge < -0.3 is 36.0 Å². The van der Waals surface area contributed by atoms with Crippen LogP contribution in [0.2, 0.25) is 0 Å². The minimum absolute atomic E-state index is 0.472. The molecule has 0 bridgehead atoms. The first-order chi connectivity index (χ1) is 12.5. The van der Waals surface area contributed by atoms with Crippen LogP contribution in [-0.2, 0) is 11.2 Å². The highest BCUT2D eigenvalue weighted by atomic mass is 16.5. The van der Waals surface area contributed by atoms with Gasteiger partial charge in [-0.3, -0.25) is 0 Å². The Kier molecular flexibility index (Phi) is 5.98. The van der Waals surface area contributed by atoms with E-state index in [1.54, 1.807) is 0 Å². The van der Waals surface area contributed by atoms with E-state index in [0.29, 0.717) is 0 Å². The Bertz CT molecular complexity index is 700. The van der Waals surface area contributed by atoms with Crippen molar-refractivity contribution < 1.29 is 25.2 Å². The maximum absolute atomic E-state index is 10.1. The predicted octanol–water partition coefficient (Wildman–Crippen LogP) is -0.520. The predicted molar refractivity (Wildman–Crippen MR) is 96.1 cm³/mol. The first-order valence-electron chi connectivity index (χ1n) is 8.81. The molecule has 1 aromatic rings. The number of nitrogens with one attached hydrogen (secondary N) is 3. The molecule has 1 fully saturated rings. The molecule has 2 aliphatic rings. The van der Waals surface area contributed by atoms with Crippen molar-refractivity contribution in [1.82, 2.24) is 5.53 Å². The summed E-state index contributed by atoms with van der Waals surface area (Å²) in [5.41, 5.74) is 12.4. The Labute approximate surface area is 152 Å². The Morgan fingerprint density at radius 1 is 1.12 bits per heavy atom. The molecule has 0 radical (unpaired) electrons. The van der Waals surface area contributed by atoms with Crippen molar-refractivity contribution in [2.24, 2.45) is 0 Å². The number of aliphatic hydroxyl groups excluding tert-OH is 4. The number of hydrogen-bond donors (Lipinski definition) is 7. The molecule has 0 amide bonds. The highest BCUT2D eigenvalue weighted by molar-refractivity contribution is 5.79. The third-order valence-corrected chi connectivity index (χ3v) is 4.64. The second-order valence-corrected chi connectivity index (χ2v) is 6.56. The van der Waals surface area contributed by atoms with Crippen LogP contribution in [0, 0.1) is 11.8 Å². The first-order valence-corrected chi connectivity index (χ1v) is 8.81. The van der Waals surface area contributed by atoms with E-state index >= 15 is 0 Å². The van der Waals surface area contributed by atoms with Gasteiger partial charge in [-0.25, -0.2) is 0 Å². The smallest absolute Gasteiger partial charge is 0.147 e. The zero-order chi connectivity index (χ0) is 18.7. The normalized spacial score (nSPS) is 30.0. The number of anilines is 2. The monoisotopic (exact) mass is 363 g/mol. The fourth-order valence-corrected chi connectivity index (χ4v) is 3.09. The molecule has 3 rings (SSSR count). The highest BCUT2D eigenvalue weighted by Crippen LogP contribution is 2.30. The van der Waals surface area contributed by atoms with Gasteiger partial charge in [0.15, 0.2) is 0 Å². The summed E-state index contributed by atoms with van der Waals surface area (Å²) in [6.45, 7) is 1.66. The van der Waals surface area contributed by atoms with E-state index in [-0.39, 0.29) is 0 Å². The first kappa shape index (κ1) is 18.9. The SMILES string of the molecule is CCCCc1cc(C#C[C@H]2O[C@H](CO)[C@@H](O)[C@H](O)[C@@H]2O)c2c(c1)NNN2. The molecule has 142 valence electrons. The molecule has 2 heterocycles. The van der Waals surface area contributed by atoms with Crippen molar-refractivity contribution in [2.75, 3.05) is 17.5 Å². The summed E-state index contributed by atoms with van der Waals surface area (Å²) >= 11 is 0. The average Bonchev–Trinajstić information content (AvgIpc) is 3.12. The lowest BCUT2D eigenvalue weighted by molar-refractivity contribution is -0.214. The lowest BCUT2D eigenvalue weighted by Crippen LogP contribution is -2.58. The number of hydrazine groups is 2. The maximum atomic E-state index is 10.1. The molecule has 26 heavy (non-hydrogen) atoms. The Balaban J connectivity index is 1.86. The van der Waals surface area contributed by atoms with Crippen molar-refractivity contribution >= 4 is 11.4 Å². The van der Waals surface area contributed by atoms with Gasteiger partial charge in [0.2, 0.25) is 0 Å². The van der Waals surface area contributed by atoms with Gasteiger partial charge in [0, 0.05) is 0 Å². The molecule has 0 aliphatic carbocycles. The minimum atomic E-state index is -1.43. The second-order valence-electron chi connectivity index (χ2n) is 6.56. The molecule has 0 aromatic heterocycles. The van der Waals surface area contributed by atoms with Crippen LogP contribution in [0.5, 0.6) is 0 Å². The minimum Gasteiger partial charge on any atom is -0.394 e. The number of aliphatic hydroxyl groups is 4. The van der Waals surface area contributed by atoms with Gasteiger partial charge in [0.25, 0.3) is 0 Å². The number of fused-ring (bicyclic) bond motifs is 1. The molecule has 0 unspecified atom stereocenters. The molecule has 0 spiro atoms. The van der Waals surface area contributed by atoms with Gasteiger partial charge in [0.05, 0.1) is 23.5 Å². The van der Waals surface area contributed by atoms with E-state index in [1.165, 1.54) is 0 Å². The number of hydrogen-bond acceptors (Lipinski definition) is 8. The van der Waals surface area contributed by atoms with Gasteiger partial charge in [-0.15, -0.1) is 5.53 Å². The van der Waals surface area contributed by atoms with Crippen LogP contribution >= 0.6 is 0 Å². The molecule has 0 saturated carbocycles. The van der Waals surface area contributed by atoms with Gasteiger partial charge in [0.1, 0.15) is 30.5 Å². The largest absolute Gasteiger partial charge is 0.394 e. The van der Waals surface area contributed by atoms with Crippen LogP contribution in [0.15, 0.2) is 12.1 Å². The van der Waals surface area contributed by atoms with E-state index < -0.39 is 37.1 Å². The number of rotatable bonds is 4. The van der Waals surface area contributed by atoms with E-state index in [9.17, 15) is 20.4 Å². The maximum Gasteiger partial charge on any atom is 0.147 e. The number of unbranched alkanes of at least 4 members (excludes halogenated alkanes) is 1. The Morgan fingerprint density at radius 2 is 1.92 bits per heavy atom. The van der Waals surface area contributed by atoms with Crippen molar-refractivity contribution in [3.05, 3.63) is 23.3 Å². The molecule has 1 saturated heterocycles. The lowest BCUT2D eigenvalue weighted by Gasteiger charge is -2.37. The van der Waals surface area contributed by atoms with Crippen molar-refractivity contribution in [3.8, 4) is 11.8 Å². The fourth-order valence-electron chi connectivity index (χ4n) is 3.09. The molecule has 8 nitrogen and oxygen atoms in total. The van der Waals surface area contributed by atoms with E-state index in [1.807, 2.05) is 6.07 Å². The lowest BCUT2D eigenvalue weighted by atomic mass is 9.95. The Morgan fingerprint density at radius 3 is 2.65 bits per heavy atom. The third kappa shape index (κ3) is 3.78. The van der Waals surface area contributed by atoms with Crippen LogP contribution in [-0.4, -0.2) is 57.6 Å². The van der Waals surface area contributed by atoms with Crippen LogP contribution in [0.4, 0.5) is 11.4 Å². The topological polar surface area (TPSA) is 126 Å². The highest BCUT2D eigenvalue weighted by Gasteiger charge is 2.42. The third-order valence-electron chi connectivity index (χ3n) is 4.64. The van der Waals surface area contributed by atoms with Gasteiger partial charge >= 0.3 is 0 Å². The summed E-state index contributed by atoms with van der Waals surface area (Å²) in [5.74, 6) is 5.81. The summed E-state index contributed by atoms with van der Waals surface area (Å²) < 4.78 is 5.43. The average molecular weight is 363 g/mol. The van der Waals surface area contributed by atoms with Crippen LogP contribution in [0.25, 0.3) is 0 Å². The van der Waals surface area contributed by atoms with Gasteiger partial charge in [-0.1, -0.05) is 25.2 Å². The van der Waals surface area contributed by atoms with Crippen LogP contribution in [0.3, 0.4) is 0 Å². The zero-order valence-corrected chi connectivity index (χ0v) is 14.6. The molecule has 1 aromatic carbocycles. The molecule has 2 aliphatic heterocycles. The molecule has 7 N–H and O–H groups in total. The van der Waals surface area contributed by atoms with Crippen molar-refractivity contribution in [1.29, 1.82) is 0 Å². The summed E-state index contributed by atoms with van der Waals surface area (Å²) in [7, 11) is 0. The van der Waals surface area contributed by atoms with Gasteiger partial charge in [-0.05, 0) is 30.5 Å². The Hall–Kier alpha value is -1.86. The summed E-state index contributed by atoms with van der Waals surface area (Å²) in [6.07, 6.45) is -3.06. The molecular formula is C18H25N3O5. The zero-order valence-electron chi connectivity index (χ0n) is 14.6. The summed E-state index contributed by atoms with van der Waals surface area (Å²) in [5, 5.41) is 39.1. The molecule has 5 atom stereocenters. The van der Waals surface area contributed by atoms with Crippen LogP contribution in [0.1, 0.15) is 30.9 Å².